The van der Waals surface area contributed by atoms with Gasteiger partial charge in [-0.25, -0.2) is 8.42 Å². The lowest BCUT2D eigenvalue weighted by Crippen LogP contribution is -2.41. The average molecular weight is 429 g/mol. The fourth-order valence-corrected chi connectivity index (χ4v) is 4.97. The van der Waals surface area contributed by atoms with Crippen molar-refractivity contribution in [1.29, 1.82) is 0 Å². The van der Waals surface area contributed by atoms with Gasteiger partial charge >= 0.3 is 0 Å². The summed E-state index contributed by atoms with van der Waals surface area (Å²) >= 11 is 0. The van der Waals surface area contributed by atoms with E-state index in [4.69, 9.17) is 4.74 Å². The van der Waals surface area contributed by atoms with Crippen LogP contribution in [0.3, 0.4) is 0 Å². The van der Waals surface area contributed by atoms with Crippen molar-refractivity contribution in [3.05, 3.63) is 71.8 Å². The Morgan fingerprint density at radius 1 is 1.03 bits per heavy atom. The van der Waals surface area contributed by atoms with Gasteiger partial charge in [0.15, 0.2) is 9.84 Å². The predicted octanol–water partition coefficient (Wildman–Crippen LogP) is 2.25. The second-order valence-electron chi connectivity index (χ2n) is 7.19. The van der Waals surface area contributed by atoms with Crippen LogP contribution in [-0.2, 0) is 26.0 Å². The molecule has 1 aliphatic rings. The summed E-state index contributed by atoms with van der Waals surface area (Å²) in [5, 5.41) is 0. The lowest BCUT2D eigenvalue weighted by atomic mass is 10.1. The zero-order chi connectivity index (χ0) is 21.4. The van der Waals surface area contributed by atoms with E-state index < -0.39 is 21.7 Å². The van der Waals surface area contributed by atoms with Crippen molar-refractivity contribution in [3.63, 3.8) is 0 Å². The highest BCUT2D eigenvalue weighted by Gasteiger charge is 2.29. The fourth-order valence-electron chi connectivity index (χ4n) is 3.11. The number of nitrogens with one attached hydrogen (secondary N) is 2. The Hall–Kier alpha value is -3.13. The highest BCUT2D eigenvalue weighted by atomic mass is 32.2. The van der Waals surface area contributed by atoms with E-state index in [-0.39, 0.29) is 23.8 Å². The van der Waals surface area contributed by atoms with E-state index in [0.29, 0.717) is 13.0 Å². The molecule has 0 aliphatic carbocycles. The Morgan fingerprint density at radius 2 is 1.77 bits per heavy atom. The number of carbonyl (C=O) groups excluding carboxylic acids is 2. The van der Waals surface area contributed by atoms with Crippen LogP contribution in [0.15, 0.2) is 60.7 Å². The molecule has 158 valence electrons. The maximum Gasteiger partial charge on any atom is 0.262 e. The first-order valence-electron chi connectivity index (χ1n) is 9.64. The summed E-state index contributed by atoms with van der Waals surface area (Å²) in [5.41, 5.74) is 6.49. The van der Waals surface area contributed by atoms with E-state index in [1.807, 2.05) is 54.6 Å². The van der Waals surface area contributed by atoms with Gasteiger partial charge in [-0.05, 0) is 41.7 Å². The standard InChI is InChI=1S/C22H24N2O5S/c25-21(23-24-22(26)14-19-12-13-30(27,28)16-19)11-8-17-6-9-20(10-7-17)29-15-18-4-2-1-3-5-18/h1-11,19H,12-16H2,(H,23,25)(H,24,26)/b11-8+. The van der Waals surface area contributed by atoms with E-state index in [1.54, 1.807) is 6.08 Å². The van der Waals surface area contributed by atoms with Crippen LogP contribution in [0.2, 0.25) is 0 Å². The molecule has 7 nitrogen and oxygen atoms in total. The first kappa shape index (κ1) is 21.6. The molecule has 0 saturated carbocycles. The van der Waals surface area contributed by atoms with E-state index in [2.05, 4.69) is 10.9 Å². The predicted molar refractivity (Wildman–Crippen MR) is 114 cm³/mol. The topological polar surface area (TPSA) is 102 Å². The number of carbonyl (C=O) groups is 2. The van der Waals surface area contributed by atoms with Crippen LogP contribution in [0.5, 0.6) is 5.75 Å². The number of hydrazine groups is 1. The highest BCUT2D eigenvalue weighted by Crippen LogP contribution is 2.21. The third-order valence-corrected chi connectivity index (χ3v) is 6.52. The van der Waals surface area contributed by atoms with Crippen LogP contribution in [0.25, 0.3) is 6.08 Å². The van der Waals surface area contributed by atoms with Gasteiger partial charge in [0.2, 0.25) is 5.91 Å². The third-order valence-electron chi connectivity index (χ3n) is 4.68. The van der Waals surface area contributed by atoms with E-state index in [9.17, 15) is 18.0 Å². The van der Waals surface area contributed by atoms with Crippen LogP contribution >= 0.6 is 0 Å². The monoisotopic (exact) mass is 428 g/mol. The second-order valence-corrected chi connectivity index (χ2v) is 9.42. The van der Waals surface area contributed by atoms with Crippen LogP contribution in [0, 0.1) is 5.92 Å². The number of hydrogen-bond acceptors (Lipinski definition) is 5. The van der Waals surface area contributed by atoms with Crippen LogP contribution in [0.4, 0.5) is 0 Å². The first-order valence-corrected chi connectivity index (χ1v) is 11.5. The number of benzene rings is 2. The van der Waals surface area contributed by atoms with Crippen molar-refractivity contribution in [2.24, 2.45) is 5.92 Å². The van der Waals surface area contributed by atoms with Gasteiger partial charge in [-0.2, -0.15) is 0 Å². The Bertz CT molecular complexity index is 1000. The highest BCUT2D eigenvalue weighted by molar-refractivity contribution is 7.91. The zero-order valence-electron chi connectivity index (χ0n) is 16.4. The van der Waals surface area contributed by atoms with E-state index in [0.717, 1.165) is 16.9 Å². The molecule has 2 aromatic carbocycles. The molecule has 2 amide bonds. The smallest absolute Gasteiger partial charge is 0.262 e. The van der Waals surface area contributed by atoms with Gasteiger partial charge in [0.25, 0.3) is 5.91 Å². The van der Waals surface area contributed by atoms with Crippen molar-refractivity contribution in [3.8, 4) is 5.75 Å². The Kier molecular flexibility index (Phi) is 7.24. The van der Waals surface area contributed by atoms with Gasteiger partial charge in [0, 0.05) is 12.5 Å². The lowest BCUT2D eigenvalue weighted by Gasteiger charge is -2.08. The minimum absolute atomic E-state index is 0.0271. The Balaban J connectivity index is 1.39. The zero-order valence-corrected chi connectivity index (χ0v) is 17.2. The molecule has 2 aromatic rings. The molecule has 0 spiro atoms. The minimum atomic E-state index is -3.02. The van der Waals surface area contributed by atoms with E-state index >= 15 is 0 Å². The summed E-state index contributed by atoms with van der Waals surface area (Å²) in [6.07, 6.45) is 3.48. The normalized spacial score (nSPS) is 17.5. The molecule has 8 heteroatoms. The van der Waals surface area contributed by atoms with Crippen LogP contribution in [0.1, 0.15) is 24.0 Å². The van der Waals surface area contributed by atoms with Crippen molar-refractivity contribution < 1.29 is 22.7 Å². The minimum Gasteiger partial charge on any atom is -0.489 e. The van der Waals surface area contributed by atoms with Crippen LogP contribution in [-0.4, -0.2) is 31.7 Å². The summed E-state index contributed by atoms with van der Waals surface area (Å²) < 4.78 is 28.5. The fraction of sp³-hybridized carbons (Fsp3) is 0.273. The molecule has 1 aliphatic heterocycles. The first-order chi connectivity index (χ1) is 14.4. The molecule has 3 rings (SSSR count). The van der Waals surface area contributed by atoms with Gasteiger partial charge in [0.05, 0.1) is 11.5 Å². The molecular weight excluding hydrogens is 404 g/mol. The quantitative estimate of drug-likeness (QED) is 0.520. The van der Waals surface area contributed by atoms with Crippen molar-refractivity contribution in [2.45, 2.75) is 19.4 Å². The van der Waals surface area contributed by atoms with Crippen molar-refractivity contribution >= 4 is 27.7 Å². The van der Waals surface area contributed by atoms with Gasteiger partial charge < -0.3 is 4.74 Å². The molecule has 0 radical (unpaired) electrons. The molecule has 1 unspecified atom stereocenters. The number of amides is 2. The van der Waals surface area contributed by atoms with Gasteiger partial charge in [-0.3, -0.25) is 20.4 Å². The maximum absolute atomic E-state index is 11.9. The Labute approximate surface area is 176 Å². The summed E-state index contributed by atoms with van der Waals surface area (Å²) in [6.45, 7) is 0.477. The molecular formula is C22H24N2O5S. The SMILES string of the molecule is O=C(/C=C/c1ccc(OCc2ccccc2)cc1)NNC(=O)CC1CCS(=O)(=O)C1. The Morgan fingerprint density at radius 3 is 2.43 bits per heavy atom. The number of rotatable bonds is 7. The maximum atomic E-state index is 11.9. The lowest BCUT2D eigenvalue weighted by molar-refractivity contribution is -0.127. The van der Waals surface area contributed by atoms with Crippen molar-refractivity contribution in [2.75, 3.05) is 11.5 Å². The van der Waals surface area contributed by atoms with Gasteiger partial charge in [-0.15, -0.1) is 0 Å². The largest absolute Gasteiger partial charge is 0.489 e. The number of hydrogen-bond donors (Lipinski definition) is 2. The van der Waals surface area contributed by atoms with E-state index in [1.165, 1.54) is 6.08 Å². The molecule has 0 bridgehead atoms. The molecule has 1 atom stereocenters. The molecule has 0 aromatic heterocycles. The summed E-state index contributed by atoms with van der Waals surface area (Å²) in [4.78, 5) is 23.7. The molecule has 1 fully saturated rings. The molecule has 1 heterocycles. The van der Waals surface area contributed by atoms with Gasteiger partial charge in [0.1, 0.15) is 12.4 Å². The summed E-state index contributed by atoms with van der Waals surface area (Å²) in [5.74, 6) is -0.201. The third kappa shape index (κ3) is 7.04. The summed E-state index contributed by atoms with van der Waals surface area (Å²) in [7, 11) is -3.02. The summed E-state index contributed by atoms with van der Waals surface area (Å²) in [6, 6.07) is 17.1. The second kappa shape index (κ2) is 10.1. The van der Waals surface area contributed by atoms with Crippen LogP contribution < -0.4 is 15.6 Å². The van der Waals surface area contributed by atoms with Crippen molar-refractivity contribution in [1.82, 2.24) is 10.9 Å². The van der Waals surface area contributed by atoms with Gasteiger partial charge in [-0.1, -0.05) is 42.5 Å². The number of sulfone groups is 1. The molecule has 30 heavy (non-hydrogen) atoms. The molecule has 2 N–H and O–H groups in total. The average Bonchev–Trinajstić information content (AvgIpc) is 3.08. The molecule has 1 saturated heterocycles. The number of ether oxygens (including phenoxy) is 1.